The van der Waals surface area contributed by atoms with Crippen molar-refractivity contribution in [1.29, 1.82) is 0 Å². The monoisotopic (exact) mass is 412 g/mol. The maximum absolute atomic E-state index is 13.1. The van der Waals surface area contributed by atoms with E-state index >= 15 is 0 Å². The number of nitrogens with zero attached hydrogens (tertiary/aromatic N) is 2. The molecule has 0 aliphatic carbocycles. The van der Waals surface area contributed by atoms with Crippen molar-refractivity contribution >= 4 is 17.4 Å². The van der Waals surface area contributed by atoms with Crippen LogP contribution in [0.4, 0.5) is 0 Å². The van der Waals surface area contributed by atoms with E-state index in [1.807, 2.05) is 42.5 Å². The van der Waals surface area contributed by atoms with Crippen LogP contribution in [-0.2, 0) is 16.1 Å². The average Bonchev–Trinajstić information content (AvgIpc) is 3.05. The highest BCUT2D eigenvalue weighted by Gasteiger charge is 2.46. The molecule has 1 fully saturated rings. The van der Waals surface area contributed by atoms with Gasteiger partial charge in [0.2, 0.25) is 0 Å². The largest absolute Gasteiger partial charge is 0.507 e. The van der Waals surface area contributed by atoms with Crippen LogP contribution in [0.5, 0.6) is 0 Å². The van der Waals surface area contributed by atoms with Gasteiger partial charge in [-0.05, 0) is 29.2 Å². The number of hydrogen-bond acceptors (Lipinski definition) is 4. The molecule has 2 heterocycles. The van der Waals surface area contributed by atoms with Crippen molar-refractivity contribution in [2.75, 3.05) is 0 Å². The Morgan fingerprint density at radius 1 is 0.968 bits per heavy atom. The summed E-state index contributed by atoms with van der Waals surface area (Å²) in [7, 11) is 0. The first-order valence-corrected chi connectivity index (χ1v) is 10.3. The first-order valence-electron chi connectivity index (χ1n) is 10.3. The highest BCUT2D eigenvalue weighted by Crippen LogP contribution is 2.40. The third kappa shape index (κ3) is 3.99. The standard InChI is InChI=1S/C26H24N2O3/c1-17(2)18-11-13-19(14-12-18)23-22(24(29)20-8-4-3-5-9-20)25(30)26(31)28(23)16-21-10-6-7-15-27-21/h3-15,17,23,29H,16H2,1-2H3/b24-22+. The summed E-state index contributed by atoms with van der Waals surface area (Å²) in [5, 5.41) is 11.0. The molecule has 1 aromatic heterocycles. The number of rotatable bonds is 5. The molecule has 1 N–H and O–H groups in total. The van der Waals surface area contributed by atoms with Crippen molar-refractivity contribution in [2.24, 2.45) is 0 Å². The van der Waals surface area contributed by atoms with Crippen LogP contribution in [0.1, 0.15) is 48.2 Å². The van der Waals surface area contributed by atoms with Crippen molar-refractivity contribution in [3.63, 3.8) is 0 Å². The van der Waals surface area contributed by atoms with Crippen LogP contribution in [0.25, 0.3) is 5.76 Å². The van der Waals surface area contributed by atoms with E-state index < -0.39 is 17.7 Å². The van der Waals surface area contributed by atoms with Gasteiger partial charge in [0.05, 0.1) is 23.9 Å². The van der Waals surface area contributed by atoms with Crippen LogP contribution in [0.15, 0.2) is 84.6 Å². The van der Waals surface area contributed by atoms with Crippen molar-refractivity contribution in [2.45, 2.75) is 32.4 Å². The Morgan fingerprint density at radius 2 is 1.65 bits per heavy atom. The third-order valence-corrected chi connectivity index (χ3v) is 5.56. The molecule has 3 aromatic rings. The van der Waals surface area contributed by atoms with Crippen molar-refractivity contribution in [3.8, 4) is 0 Å². The second kappa shape index (κ2) is 8.56. The zero-order valence-electron chi connectivity index (χ0n) is 17.5. The fourth-order valence-electron chi connectivity index (χ4n) is 3.87. The van der Waals surface area contributed by atoms with Gasteiger partial charge < -0.3 is 10.0 Å². The highest BCUT2D eigenvalue weighted by atomic mass is 16.3. The van der Waals surface area contributed by atoms with E-state index in [-0.39, 0.29) is 17.9 Å². The van der Waals surface area contributed by atoms with Gasteiger partial charge in [-0.25, -0.2) is 0 Å². The predicted octanol–water partition coefficient (Wildman–Crippen LogP) is 4.83. The lowest BCUT2D eigenvalue weighted by atomic mass is 9.93. The maximum atomic E-state index is 13.1. The van der Waals surface area contributed by atoms with Crippen LogP contribution in [0.3, 0.4) is 0 Å². The molecule has 31 heavy (non-hydrogen) atoms. The number of pyridine rings is 1. The number of likely N-dealkylation sites (tertiary alicyclic amines) is 1. The van der Waals surface area contributed by atoms with E-state index in [2.05, 4.69) is 18.8 Å². The van der Waals surface area contributed by atoms with E-state index in [0.717, 1.165) is 11.1 Å². The molecule has 1 aliphatic rings. The Labute approximate surface area is 181 Å². The number of aromatic nitrogens is 1. The number of carbonyl (C=O) groups is 2. The molecule has 1 atom stereocenters. The molecule has 0 bridgehead atoms. The Balaban J connectivity index is 1.84. The van der Waals surface area contributed by atoms with E-state index in [4.69, 9.17) is 0 Å². The van der Waals surface area contributed by atoms with Gasteiger partial charge in [-0.3, -0.25) is 14.6 Å². The molecule has 1 saturated heterocycles. The second-order valence-electron chi connectivity index (χ2n) is 7.94. The lowest BCUT2D eigenvalue weighted by Crippen LogP contribution is -2.29. The predicted molar refractivity (Wildman–Crippen MR) is 119 cm³/mol. The maximum Gasteiger partial charge on any atom is 0.296 e. The number of aliphatic hydroxyl groups excluding tert-OH is 1. The smallest absolute Gasteiger partial charge is 0.296 e. The molecular formula is C26H24N2O3. The lowest BCUT2D eigenvalue weighted by Gasteiger charge is -2.25. The van der Waals surface area contributed by atoms with E-state index in [1.54, 1.807) is 36.5 Å². The summed E-state index contributed by atoms with van der Waals surface area (Å²) in [6, 6.07) is 21.5. The highest BCUT2D eigenvalue weighted by molar-refractivity contribution is 6.46. The van der Waals surface area contributed by atoms with Gasteiger partial charge in [0.15, 0.2) is 0 Å². The van der Waals surface area contributed by atoms with E-state index in [0.29, 0.717) is 17.2 Å². The van der Waals surface area contributed by atoms with Crippen molar-refractivity contribution in [1.82, 2.24) is 9.88 Å². The van der Waals surface area contributed by atoms with Crippen LogP contribution in [-0.4, -0.2) is 26.7 Å². The van der Waals surface area contributed by atoms with Gasteiger partial charge in [0.1, 0.15) is 5.76 Å². The van der Waals surface area contributed by atoms with Crippen LogP contribution in [0, 0.1) is 0 Å². The van der Waals surface area contributed by atoms with Gasteiger partial charge in [-0.1, -0.05) is 74.5 Å². The van der Waals surface area contributed by atoms with Crippen LogP contribution in [0.2, 0.25) is 0 Å². The Hall–Kier alpha value is -3.73. The summed E-state index contributed by atoms with van der Waals surface area (Å²) in [4.78, 5) is 31.9. The molecule has 4 rings (SSSR count). The quantitative estimate of drug-likeness (QED) is 0.370. The fourth-order valence-corrected chi connectivity index (χ4v) is 3.87. The molecule has 0 spiro atoms. The van der Waals surface area contributed by atoms with Crippen molar-refractivity contribution in [3.05, 3.63) is 107 Å². The number of Topliss-reactive ketones (excluding diaryl/α,β-unsaturated/α-hetero) is 1. The number of ketones is 1. The molecule has 0 radical (unpaired) electrons. The Kier molecular flexibility index (Phi) is 5.67. The normalized spacial score (nSPS) is 18.0. The van der Waals surface area contributed by atoms with E-state index in [1.165, 1.54) is 4.90 Å². The van der Waals surface area contributed by atoms with Crippen molar-refractivity contribution < 1.29 is 14.7 Å². The minimum absolute atomic E-state index is 0.101. The molecule has 0 saturated carbocycles. The second-order valence-corrected chi connectivity index (χ2v) is 7.94. The third-order valence-electron chi connectivity index (χ3n) is 5.56. The number of aliphatic hydroxyl groups is 1. The molecule has 1 unspecified atom stereocenters. The Bertz CT molecular complexity index is 1120. The van der Waals surface area contributed by atoms with Gasteiger partial charge in [-0.2, -0.15) is 0 Å². The zero-order chi connectivity index (χ0) is 22.0. The number of carbonyl (C=O) groups excluding carboxylic acids is 2. The molecule has 5 nitrogen and oxygen atoms in total. The minimum Gasteiger partial charge on any atom is -0.507 e. The van der Waals surface area contributed by atoms with Crippen LogP contribution < -0.4 is 0 Å². The summed E-state index contributed by atoms with van der Waals surface area (Å²) in [5.41, 5.74) is 3.21. The minimum atomic E-state index is -0.691. The van der Waals surface area contributed by atoms with Crippen LogP contribution >= 0.6 is 0 Å². The summed E-state index contributed by atoms with van der Waals surface area (Å²) < 4.78 is 0. The first-order chi connectivity index (χ1) is 15.0. The molecule has 5 heteroatoms. The average molecular weight is 412 g/mol. The van der Waals surface area contributed by atoms with Gasteiger partial charge in [0.25, 0.3) is 11.7 Å². The van der Waals surface area contributed by atoms with Gasteiger partial charge in [-0.15, -0.1) is 0 Å². The van der Waals surface area contributed by atoms with Gasteiger partial charge in [0, 0.05) is 11.8 Å². The lowest BCUT2D eigenvalue weighted by molar-refractivity contribution is -0.140. The molecular weight excluding hydrogens is 388 g/mol. The van der Waals surface area contributed by atoms with E-state index in [9.17, 15) is 14.7 Å². The number of amides is 1. The Morgan fingerprint density at radius 3 is 2.26 bits per heavy atom. The molecule has 2 aromatic carbocycles. The molecule has 1 amide bonds. The summed E-state index contributed by atoms with van der Waals surface area (Å²) in [6.07, 6.45) is 1.66. The zero-order valence-corrected chi connectivity index (χ0v) is 17.5. The molecule has 1 aliphatic heterocycles. The fraction of sp³-hybridized carbons (Fsp3) is 0.192. The first kappa shape index (κ1) is 20.5. The number of benzene rings is 2. The number of hydrogen-bond donors (Lipinski definition) is 1. The topological polar surface area (TPSA) is 70.5 Å². The molecule has 156 valence electrons. The summed E-state index contributed by atoms with van der Waals surface area (Å²) >= 11 is 0. The van der Waals surface area contributed by atoms with Gasteiger partial charge >= 0.3 is 0 Å². The summed E-state index contributed by atoms with van der Waals surface area (Å²) in [6.45, 7) is 4.39. The summed E-state index contributed by atoms with van der Waals surface area (Å²) in [5.74, 6) is -1.13. The SMILES string of the molecule is CC(C)c1ccc(C2/C(=C(\O)c3ccccc3)C(=O)C(=O)N2Cc2ccccn2)cc1.